The molecule has 53 heavy (non-hydrogen) atoms. The van der Waals surface area contributed by atoms with E-state index in [-0.39, 0.29) is 48.8 Å². The fourth-order valence-corrected chi connectivity index (χ4v) is 10.5. The molecule has 3 aromatic rings. The van der Waals surface area contributed by atoms with E-state index < -0.39 is 40.8 Å². The van der Waals surface area contributed by atoms with Crippen LogP contribution in [0, 0.1) is 23.7 Å². The zero-order valence-corrected chi connectivity index (χ0v) is 29.8. The average Bonchev–Trinajstić information content (AvgIpc) is 3.47. The maximum absolute atomic E-state index is 14.7. The van der Waals surface area contributed by atoms with Crippen LogP contribution in [0.2, 0.25) is 0 Å². The highest BCUT2D eigenvalue weighted by molar-refractivity contribution is 6.00. The van der Waals surface area contributed by atoms with E-state index in [1.807, 2.05) is 22.5 Å². The van der Waals surface area contributed by atoms with Gasteiger partial charge in [-0.05, 0) is 113 Å². The highest BCUT2D eigenvalue weighted by Crippen LogP contribution is 2.58. The molecule has 0 radical (unpaired) electrons. The van der Waals surface area contributed by atoms with E-state index in [0.717, 1.165) is 38.2 Å². The summed E-state index contributed by atoms with van der Waals surface area (Å²) in [6.07, 6.45) is 3.20. The van der Waals surface area contributed by atoms with Gasteiger partial charge in [0.15, 0.2) is 5.69 Å². The molecule has 2 N–H and O–H groups in total. The molecule has 5 aliphatic carbocycles. The summed E-state index contributed by atoms with van der Waals surface area (Å²) in [7, 11) is 1.56. The number of aromatic nitrogens is 2. The number of carbonyl (C=O) groups is 2. The van der Waals surface area contributed by atoms with E-state index in [2.05, 4.69) is 10.3 Å². The number of ether oxygens (including phenoxy) is 2. The van der Waals surface area contributed by atoms with Gasteiger partial charge in [-0.25, -0.2) is 18.6 Å². The van der Waals surface area contributed by atoms with Gasteiger partial charge in [0, 0.05) is 36.4 Å². The number of methoxy groups -OCH3 is 1. The van der Waals surface area contributed by atoms with Crippen LogP contribution in [0.4, 0.5) is 22.0 Å². The van der Waals surface area contributed by atoms with Crippen LogP contribution in [0.1, 0.15) is 86.8 Å². The smallest absolute Gasteiger partial charge is 0.434 e. The number of alkyl halides is 5. The number of carbonyl (C=O) groups excluding carboxylic acids is 1. The van der Waals surface area contributed by atoms with Gasteiger partial charge in [-0.2, -0.15) is 13.2 Å². The Morgan fingerprint density at radius 1 is 1.00 bits per heavy atom. The number of pyridine rings is 1. The molecule has 3 heterocycles. The number of hydrogen-bond donors (Lipinski definition) is 2. The van der Waals surface area contributed by atoms with Crippen LogP contribution in [-0.2, 0) is 15.7 Å². The van der Waals surface area contributed by atoms with Crippen LogP contribution in [0.5, 0.6) is 5.75 Å². The summed E-state index contributed by atoms with van der Waals surface area (Å²) in [6, 6.07) is 7.78. The average molecular weight is 745 g/mol. The predicted octanol–water partition coefficient (Wildman–Crippen LogP) is 7.58. The van der Waals surface area contributed by atoms with E-state index in [1.165, 1.54) is 6.07 Å². The molecule has 9 rings (SSSR count). The maximum atomic E-state index is 14.7. The SMILES string of the molecule is COC[C@H](C)n1cc(-c2ccc(C(=O)NC3(C(=O)O)C4CC5CC(C4)CC3C5)c(C(F)(F)F)n2)c2ccc(OC3CCC(N4CC(F)(F)C4)CC3)cc21. The highest BCUT2D eigenvalue weighted by atomic mass is 19.4. The van der Waals surface area contributed by atoms with E-state index in [0.29, 0.717) is 66.3 Å². The third kappa shape index (κ3) is 6.47. The Bertz CT molecular complexity index is 1870. The number of carboxylic acid groups (broad SMARTS) is 1. The number of fused-ring (bicyclic) bond motifs is 1. The second-order valence-corrected chi connectivity index (χ2v) is 16.3. The van der Waals surface area contributed by atoms with Gasteiger partial charge in [0.1, 0.15) is 11.3 Å². The van der Waals surface area contributed by atoms with Crippen LogP contribution < -0.4 is 10.1 Å². The summed E-state index contributed by atoms with van der Waals surface area (Å²) in [5.74, 6) is -4.16. The Kier molecular flexibility index (Phi) is 9.02. The quantitative estimate of drug-likeness (QED) is 0.206. The number of benzene rings is 1. The third-order valence-corrected chi connectivity index (χ3v) is 12.8. The minimum Gasteiger partial charge on any atom is -0.490 e. The van der Waals surface area contributed by atoms with Crippen molar-refractivity contribution >= 4 is 22.8 Å². The van der Waals surface area contributed by atoms with Gasteiger partial charge >= 0.3 is 12.1 Å². The zero-order chi connectivity index (χ0) is 37.4. The summed E-state index contributed by atoms with van der Waals surface area (Å²) >= 11 is 0. The lowest BCUT2D eigenvalue weighted by molar-refractivity contribution is -0.163. The van der Waals surface area contributed by atoms with E-state index >= 15 is 0 Å². The molecular weight excluding hydrogens is 699 g/mol. The summed E-state index contributed by atoms with van der Waals surface area (Å²) < 4.78 is 84.7. The molecular formula is C39H45F5N4O5. The highest BCUT2D eigenvalue weighted by Gasteiger charge is 2.62. The van der Waals surface area contributed by atoms with Crippen molar-refractivity contribution in [3.8, 4) is 17.0 Å². The van der Waals surface area contributed by atoms with Crippen molar-refractivity contribution in [2.24, 2.45) is 23.7 Å². The zero-order valence-electron chi connectivity index (χ0n) is 29.8. The topological polar surface area (TPSA) is 106 Å². The number of aliphatic carboxylic acids is 1. The molecule has 6 fully saturated rings. The summed E-state index contributed by atoms with van der Waals surface area (Å²) in [4.78, 5) is 32.5. The fraction of sp³-hybridized carbons (Fsp3) is 0.615. The number of nitrogens with zero attached hydrogens (tertiary/aromatic N) is 3. The van der Waals surface area contributed by atoms with Crippen molar-refractivity contribution in [2.75, 3.05) is 26.8 Å². The van der Waals surface area contributed by atoms with Gasteiger partial charge in [-0.15, -0.1) is 0 Å². The standard InChI is InChI=1S/C39H45F5N4O5/c1-21(18-52-2)48-17-31(29-8-7-28(16-33(29)48)53-27-5-3-26(4-6-27)47-19-37(40,41)20-47)32-10-9-30(34(45-32)39(42,43)44)35(49)46-38(36(50)51)24-12-22-11-23(14-24)15-25(38)13-22/h7-10,16-17,21-27H,3-6,11-15,18-20H2,1-2H3,(H,46,49)(H,50,51)/t21-,22?,23?,24?,25?,26?,27?,38?/m0/s1. The first-order chi connectivity index (χ1) is 25.1. The molecule has 1 saturated heterocycles. The van der Waals surface area contributed by atoms with Crippen LogP contribution >= 0.6 is 0 Å². The molecule has 0 unspecified atom stereocenters. The van der Waals surface area contributed by atoms with Crippen LogP contribution in [0.3, 0.4) is 0 Å². The molecule has 1 aliphatic heterocycles. The molecule has 2 aromatic heterocycles. The van der Waals surface area contributed by atoms with Gasteiger partial charge in [0.05, 0.1) is 48.6 Å². The largest absolute Gasteiger partial charge is 0.490 e. The van der Waals surface area contributed by atoms with E-state index in [1.54, 1.807) is 25.4 Å². The third-order valence-electron chi connectivity index (χ3n) is 12.8. The van der Waals surface area contributed by atoms with Gasteiger partial charge < -0.3 is 24.5 Å². The second-order valence-electron chi connectivity index (χ2n) is 16.3. The van der Waals surface area contributed by atoms with Crippen molar-refractivity contribution in [3.05, 3.63) is 47.8 Å². The Balaban J connectivity index is 1.07. The Hall–Kier alpha value is -3.78. The van der Waals surface area contributed by atoms with E-state index in [9.17, 15) is 36.6 Å². The van der Waals surface area contributed by atoms with Crippen molar-refractivity contribution in [1.29, 1.82) is 0 Å². The molecule has 4 bridgehead atoms. The van der Waals surface area contributed by atoms with E-state index in [4.69, 9.17) is 9.47 Å². The number of rotatable bonds is 10. The van der Waals surface area contributed by atoms with Crippen LogP contribution in [0.15, 0.2) is 36.5 Å². The Morgan fingerprint density at radius 2 is 1.66 bits per heavy atom. The molecule has 1 aromatic carbocycles. The first-order valence-electron chi connectivity index (χ1n) is 18.7. The van der Waals surface area contributed by atoms with Crippen molar-refractivity contribution in [1.82, 2.24) is 19.8 Å². The molecule has 1 atom stereocenters. The van der Waals surface area contributed by atoms with Crippen molar-refractivity contribution in [3.63, 3.8) is 0 Å². The molecule has 5 saturated carbocycles. The number of amides is 1. The maximum Gasteiger partial charge on any atom is 0.434 e. The number of nitrogens with one attached hydrogen (secondary N) is 1. The van der Waals surface area contributed by atoms with Gasteiger partial charge in [0.25, 0.3) is 11.8 Å². The minimum absolute atomic E-state index is 0.00776. The molecule has 9 nitrogen and oxygen atoms in total. The van der Waals surface area contributed by atoms with Crippen LogP contribution in [0.25, 0.3) is 22.2 Å². The molecule has 0 spiro atoms. The van der Waals surface area contributed by atoms with Crippen molar-refractivity contribution in [2.45, 2.75) is 101 Å². The second kappa shape index (κ2) is 13.2. The summed E-state index contributed by atoms with van der Waals surface area (Å²) in [5, 5.41) is 13.7. The number of likely N-dealkylation sites (tertiary alicyclic amines) is 1. The summed E-state index contributed by atoms with van der Waals surface area (Å²) in [6.45, 7) is 1.86. The Labute approximate surface area is 304 Å². The fourth-order valence-electron chi connectivity index (χ4n) is 10.5. The molecule has 14 heteroatoms. The molecule has 1 amide bonds. The number of halogens is 5. The number of carboxylic acids is 1. The minimum atomic E-state index is -5.00. The summed E-state index contributed by atoms with van der Waals surface area (Å²) in [5.41, 5.74) is -2.57. The Morgan fingerprint density at radius 3 is 2.25 bits per heavy atom. The lowest BCUT2D eigenvalue weighted by Crippen LogP contribution is -2.70. The molecule has 6 aliphatic rings. The lowest BCUT2D eigenvalue weighted by atomic mass is 9.48. The predicted molar refractivity (Wildman–Crippen MR) is 185 cm³/mol. The number of hydrogen-bond acceptors (Lipinski definition) is 6. The van der Waals surface area contributed by atoms with Gasteiger partial charge in [-0.3, -0.25) is 9.69 Å². The van der Waals surface area contributed by atoms with Crippen molar-refractivity contribution < 1.29 is 46.1 Å². The first kappa shape index (κ1) is 36.2. The normalized spacial score (nSPS) is 31.3. The van der Waals surface area contributed by atoms with Crippen LogP contribution in [-0.4, -0.2) is 81.8 Å². The molecule has 286 valence electrons. The van der Waals surface area contributed by atoms with Gasteiger partial charge in [-0.1, -0.05) is 0 Å². The first-order valence-corrected chi connectivity index (χ1v) is 18.7. The monoisotopic (exact) mass is 744 g/mol. The lowest BCUT2D eigenvalue weighted by Gasteiger charge is -2.59. The van der Waals surface area contributed by atoms with Gasteiger partial charge in [0.2, 0.25) is 0 Å².